The van der Waals surface area contributed by atoms with E-state index in [-0.39, 0.29) is 24.9 Å². The van der Waals surface area contributed by atoms with Crippen molar-refractivity contribution >= 4 is 16.6 Å². The Kier molecular flexibility index (Phi) is 11.4. The lowest BCUT2D eigenvalue weighted by atomic mass is 9.64. The second kappa shape index (κ2) is 15.8. The topological polar surface area (TPSA) is 110 Å². The van der Waals surface area contributed by atoms with Gasteiger partial charge in [0.2, 0.25) is 0 Å². The molecule has 51 heavy (non-hydrogen) atoms. The highest BCUT2D eigenvalue weighted by Gasteiger charge is 2.57. The molecular weight excluding hydrogens is 638 g/mol. The average Bonchev–Trinajstić information content (AvgIpc) is 3.38. The highest BCUT2D eigenvalue weighted by molar-refractivity contribution is 6.10. The summed E-state index contributed by atoms with van der Waals surface area (Å²) in [5.74, 6) is 0.458. The summed E-state index contributed by atoms with van der Waals surface area (Å²) in [5, 5.41) is 46.9. The maximum absolute atomic E-state index is 14.4. The van der Waals surface area contributed by atoms with E-state index in [4.69, 9.17) is 4.74 Å². The number of allylic oxidation sites excluding steroid dienone is 2. The SMILES string of the molecule is COc1ccc(C(=O)c2cc3ccc2C2CCC(O)(CN(Cc4cccc5ccccc45)CC(O)CO)C2(C)CCC=C(C)CCC(O)C3)cc1. The lowest BCUT2D eigenvalue weighted by molar-refractivity contribution is -0.0907. The van der Waals surface area contributed by atoms with E-state index in [2.05, 4.69) is 55.2 Å². The number of ketones is 1. The molecule has 0 spiro atoms. The molecule has 1 saturated carbocycles. The van der Waals surface area contributed by atoms with Crippen LogP contribution in [0, 0.1) is 5.41 Å². The molecule has 0 radical (unpaired) electrons. The van der Waals surface area contributed by atoms with E-state index in [1.807, 2.05) is 30.3 Å². The maximum atomic E-state index is 14.4. The number of hydrogen-bond donors (Lipinski definition) is 4. The van der Waals surface area contributed by atoms with Gasteiger partial charge in [-0.05, 0) is 116 Å². The molecule has 0 saturated heterocycles. The summed E-state index contributed by atoms with van der Waals surface area (Å²) in [4.78, 5) is 16.5. The molecule has 1 fully saturated rings. The molecule has 4 aromatic rings. The van der Waals surface area contributed by atoms with Gasteiger partial charge in [0.1, 0.15) is 5.75 Å². The average molecular weight is 692 g/mol. The van der Waals surface area contributed by atoms with Crippen molar-refractivity contribution in [2.24, 2.45) is 5.41 Å². The van der Waals surface area contributed by atoms with Crippen molar-refractivity contribution in [3.63, 3.8) is 0 Å². The first kappa shape index (κ1) is 36.9. The zero-order valence-electron chi connectivity index (χ0n) is 30.2. The van der Waals surface area contributed by atoms with Gasteiger partial charge in [0.05, 0.1) is 31.5 Å². The number of aliphatic hydroxyl groups excluding tert-OH is 3. The zero-order chi connectivity index (χ0) is 36.2. The molecule has 3 aliphatic rings. The molecule has 5 unspecified atom stereocenters. The molecule has 0 heterocycles. The van der Waals surface area contributed by atoms with Crippen LogP contribution < -0.4 is 4.74 Å². The first-order valence-corrected chi connectivity index (χ1v) is 18.4. The van der Waals surface area contributed by atoms with Crippen LogP contribution in [0.4, 0.5) is 0 Å². The van der Waals surface area contributed by atoms with Crippen molar-refractivity contribution in [1.29, 1.82) is 0 Å². The first-order valence-electron chi connectivity index (χ1n) is 18.4. The fraction of sp³-hybridized carbons (Fsp3) is 0.432. The third kappa shape index (κ3) is 7.98. The van der Waals surface area contributed by atoms with Crippen LogP contribution in [0.2, 0.25) is 0 Å². The number of methoxy groups -OCH3 is 1. The van der Waals surface area contributed by atoms with Crippen molar-refractivity contribution < 1.29 is 30.0 Å². The molecule has 4 N–H and O–H groups in total. The molecule has 5 atom stereocenters. The Labute approximate surface area is 302 Å². The lowest BCUT2D eigenvalue weighted by Crippen LogP contribution is -2.53. The summed E-state index contributed by atoms with van der Waals surface area (Å²) >= 11 is 0. The molecule has 0 aliphatic heterocycles. The van der Waals surface area contributed by atoms with Crippen LogP contribution in [-0.2, 0) is 13.0 Å². The minimum atomic E-state index is -1.16. The molecule has 4 aromatic carbocycles. The van der Waals surface area contributed by atoms with Gasteiger partial charge < -0.3 is 25.2 Å². The summed E-state index contributed by atoms with van der Waals surface area (Å²) in [6, 6.07) is 27.7. The predicted molar refractivity (Wildman–Crippen MR) is 202 cm³/mol. The Morgan fingerprint density at radius 1 is 1.00 bits per heavy atom. The summed E-state index contributed by atoms with van der Waals surface area (Å²) < 4.78 is 5.35. The second-order valence-electron chi connectivity index (χ2n) is 15.1. The minimum absolute atomic E-state index is 0.0896. The molecule has 2 bridgehead atoms. The third-order valence-electron chi connectivity index (χ3n) is 11.7. The molecule has 0 aromatic heterocycles. The van der Waals surface area contributed by atoms with E-state index in [1.54, 1.807) is 31.4 Å². The standard InChI is InChI=1S/C44H53NO6/c1-30-8-7-22-43(2)41(39-20-14-31(24-35(47)17-13-30)25-40(39)42(49)33-15-18-37(51-3)19-16-33)21-23-44(43,50)29-45(27-36(48)28-46)26-34-11-6-10-32-9-4-5-12-38(32)34/h4-6,8-12,14-16,18-20,25,35-36,41,46-48,50H,7,13,17,21-24,26-29H2,1-3H3. The molecule has 7 rings (SSSR count). The lowest BCUT2D eigenvalue weighted by Gasteiger charge is -2.46. The van der Waals surface area contributed by atoms with E-state index >= 15 is 0 Å². The van der Waals surface area contributed by atoms with E-state index in [9.17, 15) is 25.2 Å². The van der Waals surface area contributed by atoms with Crippen molar-refractivity contribution in [1.82, 2.24) is 4.90 Å². The number of fused-ring (bicyclic) bond motifs is 9. The molecule has 3 aliphatic carbocycles. The van der Waals surface area contributed by atoms with Crippen LogP contribution in [0.25, 0.3) is 10.8 Å². The monoisotopic (exact) mass is 691 g/mol. The Bertz CT molecular complexity index is 1850. The Balaban J connectivity index is 1.42. The quantitative estimate of drug-likeness (QED) is 0.105. The van der Waals surface area contributed by atoms with Crippen LogP contribution in [0.5, 0.6) is 5.75 Å². The normalized spacial score (nSPS) is 24.6. The summed E-state index contributed by atoms with van der Waals surface area (Å²) in [5.41, 5.74) is 3.52. The van der Waals surface area contributed by atoms with Gasteiger partial charge in [-0.2, -0.15) is 0 Å². The zero-order valence-corrected chi connectivity index (χ0v) is 30.2. The van der Waals surface area contributed by atoms with Crippen molar-refractivity contribution in [3.05, 3.63) is 124 Å². The maximum Gasteiger partial charge on any atom is 0.193 e. The fourth-order valence-electron chi connectivity index (χ4n) is 8.68. The molecular formula is C44H53NO6. The molecule has 7 heteroatoms. The van der Waals surface area contributed by atoms with E-state index in [1.165, 1.54) is 5.57 Å². The smallest absolute Gasteiger partial charge is 0.193 e. The van der Waals surface area contributed by atoms with Gasteiger partial charge in [0.15, 0.2) is 5.78 Å². The Hall–Kier alpha value is -3.85. The highest BCUT2D eigenvalue weighted by atomic mass is 16.5. The fourth-order valence-corrected chi connectivity index (χ4v) is 8.68. The van der Waals surface area contributed by atoms with Crippen molar-refractivity contribution in [3.8, 4) is 5.75 Å². The van der Waals surface area contributed by atoms with E-state index in [0.29, 0.717) is 62.1 Å². The number of benzene rings is 4. The number of nitrogens with zero attached hydrogens (tertiary/aromatic N) is 1. The summed E-state index contributed by atoms with van der Waals surface area (Å²) in [6.07, 6.45) is 5.28. The van der Waals surface area contributed by atoms with Gasteiger partial charge in [-0.15, -0.1) is 0 Å². The van der Waals surface area contributed by atoms with E-state index < -0.39 is 23.2 Å². The predicted octanol–water partition coefficient (Wildman–Crippen LogP) is 6.97. The largest absolute Gasteiger partial charge is 0.497 e. The van der Waals surface area contributed by atoms with Gasteiger partial charge in [-0.25, -0.2) is 0 Å². The number of carbonyl (C=O) groups excluding carboxylic acids is 1. The number of rotatable bonds is 10. The number of hydrogen-bond acceptors (Lipinski definition) is 7. The molecule has 7 nitrogen and oxygen atoms in total. The van der Waals surface area contributed by atoms with Crippen molar-refractivity contribution in [2.45, 2.75) is 89.1 Å². The Morgan fingerprint density at radius 2 is 1.76 bits per heavy atom. The number of carbonyl (C=O) groups is 1. The second-order valence-corrected chi connectivity index (χ2v) is 15.1. The van der Waals surface area contributed by atoms with Crippen LogP contribution in [-0.4, -0.2) is 75.7 Å². The first-order chi connectivity index (χ1) is 24.5. The van der Waals surface area contributed by atoms with Crippen molar-refractivity contribution in [2.75, 3.05) is 26.8 Å². The minimum Gasteiger partial charge on any atom is -0.497 e. The highest BCUT2D eigenvalue weighted by Crippen LogP contribution is 2.59. The van der Waals surface area contributed by atoms with Crippen LogP contribution in [0.1, 0.15) is 90.9 Å². The Morgan fingerprint density at radius 3 is 2.53 bits per heavy atom. The number of ether oxygens (including phenoxy) is 1. The van der Waals surface area contributed by atoms with Crippen LogP contribution in [0.15, 0.2) is 96.6 Å². The number of aliphatic hydroxyl groups is 4. The van der Waals surface area contributed by atoms with Crippen LogP contribution >= 0.6 is 0 Å². The van der Waals surface area contributed by atoms with Gasteiger partial charge in [0, 0.05) is 36.2 Å². The molecule has 270 valence electrons. The molecule has 0 amide bonds. The summed E-state index contributed by atoms with van der Waals surface area (Å²) in [7, 11) is 1.60. The summed E-state index contributed by atoms with van der Waals surface area (Å²) in [6.45, 7) is 4.93. The van der Waals surface area contributed by atoms with Gasteiger partial charge in [-0.1, -0.05) is 73.2 Å². The third-order valence-corrected chi connectivity index (χ3v) is 11.7. The van der Waals surface area contributed by atoms with Gasteiger partial charge >= 0.3 is 0 Å². The van der Waals surface area contributed by atoms with Gasteiger partial charge in [-0.3, -0.25) is 9.69 Å². The van der Waals surface area contributed by atoms with E-state index in [0.717, 1.165) is 40.3 Å². The van der Waals surface area contributed by atoms with Gasteiger partial charge in [0.25, 0.3) is 0 Å². The van der Waals surface area contributed by atoms with Crippen LogP contribution in [0.3, 0.4) is 0 Å².